The van der Waals surface area contributed by atoms with Gasteiger partial charge in [-0.15, -0.1) is 0 Å². The average molecular weight is 541 g/mol. The van der Waals surface area contributed by atoms with Crippen molar-refractivity contribution >= 4 is 34.0 Å². The zero-order valence-corrected chi connectivity index (χ0v) is 21.7. The number of likely N-dealkylation sites (N-methyl/N-ethyl adjacent to an activating group) is 1. The third-order valence-electron chi connectivity index (χ3n) is 5.64. The monoisotopic (exact) mass is 541 g/mol. The molecular weight excluding hydrogens is 513 g/mol. The Labute approximate surface area is 226 Å². The molecule has 8 nitrogen and oxygen atoms in total. The van der Waals surface area contributed by atoms with E-state index >= 15 is 0 Å². The zero-order valence-electron chi connectivity index (χ0n) is 20.7. The summed E-state index contributed by atoms with van der Waals surface area (Å²) in [5.74, 6) is -0.177. The van der Waals surface area contributed by atoms with E-state index in [4.69, 9.17) is 11.1 Å². The Kier molecular flexibility index (Phi) is 14.1. The van der Waals surface area contributed by atoms with Gasteiger partial charge in [-0.1, -0.05) is 98.1 Å². The number of rotatable bonds is 7. The second kappa shape index (κ2) is 16.7. The molecule has 0 aliphatic rings. The summed E-state index contributed by atoms with van der Waals surface area (Å²) in [4.78, 5) is 18.9. The van der Waals surface area contributed by atoms with Crippen LogP contribution in [0.2, 0.25) is 0 Å². The molecule has 4 aromatic carbocycles. The molecule has 4 rings (SSSR count). The van der Waals surface area contributed by atoms with Crippen molar-refractivity contribution in [2.45, 2.75) is 13.8 Å². The minimum atomic E-state index is -0.214. The number of aldehydes is 1. The standard InChI is InChI=1S/C17H22N2O.C11H8O2.Co.N3/c1-3-19(4-2)12-11-18-13-16-15-8-6-5-7-14(15)9-10-17(16)20;12-7-10-9-4-2-1-3-8(9)5-6-11(10)13;;1-3-2/h5-10,13,20H,3-4,11-12H2,1-2H3;1-7,13H;;/q;;+3;-1/p-2. The van der Waals surface area contributed by atoms with Crippen LogP contribution in [0.5, 0.6) is 11.5 Å². The normalized spacial score (nSPS) is 10.1. The van der Waals surface area contributed by atoms with Gasteiger partial charge in [0.2, 0.25) is 0 Å². The molecule has 0 amide bonds. The number of carbonyl (C=O) groups excluding carboxylic acids is 1. The molecule has 0 aliphatic carbocycles. The molecule has 9 heteroatoms. The van der Waals surface area contributed by atoms with Gasteiger partial charge in [0.15, 0.2) is 0 Å². The molecule has 0 aliphatic heterocycles. The first-order valence-corrected chi connectivity index (χ1v) is 11.5. The molecule has 0 heterocycles. The van der Waals surface area contributed by atoms with Crippen molar-refractivity contribution in [1.82, 2.24) is 4.90 Å². The van der Waals surface area contributed by atoms with Gasteiger partial charge < -0.3 is 26.2 Å². The zero-order chi connectivity index (χ0) is 26.3. The molecule has 0 bridgehead atoms. The molecule has 0 aromatic heterocycles. The summed E-state index contributed by atoms with van der Waals surface area (Å²) in [5.41, 5.74) is 14.4. The van der Waals surface area contributed by atoms with E-state index in [0.29, 0.717) is 11.8 Å². The van der Waals surface area contributed by atoms with E-state index in [0.717, 1.165) is 47.7 Å². The van der Waals surface area contributed by atoms with E-state index in [1.807, 2.05) is 48.5 Å². The SMILES string of the molecule is CCN(CC)CCN=Cc1c([O-])ccc2ccccc12.O=Cc1c([O-])ccc2ccccc12.[Co+3].[N-]=[N+]=[N-]. The van der Waals surface area contributed by atoms with Crippen LogP contribution in [0.25, 0.3) is 37.5 Å². The Balaban J connectivity index is 0.000000347. The first kappa shape index (κ1) is 31.1. The van der Waals surface area contributed by atoms with Gasteiger partial charge >= 0.3 is 16.8 Å². The van der Waals surface area contributed by atoms with Gasteiger partial charge in [-0.2, -0.15) is 0 Å². The van der Waals surface area contributed by atoms with E-state index in [-0.39, 0.29) is 33.8 Å². The number of benzene rings is 4. The van der Waals surface area contributed by atoms with E-state index in [2.05, 4.69) is 23.7 Å². The van der Waals surface area contributed by atoms with E-state index < -0.39 is 0 Å². The summed E-state index contributed by atoms with van der Waals surface area (Å²) in [6.07, 6.45) is 2.35. The molecule has 0 unspecified atom stereocenters. The number of nitrogens with zero attached hydrogens (tertiary/aromatic N) is 5. The molecule has 0 atom stereocenters. The number of aliphatic imine (C=N–C) groups is 1. The molecule has 0 radical (unpaired) electrons. The maximum absolute atomic E-state index is 12.0. The van der Waals surface area contributed by atoms with Gasteiger partial charge in [-0.25, -0.2) is 0 Å². The van der Waals surface area contributed by atoms with Crippen molar-refractivity contribution in [3.8, 4) is 11.5 Å². The minimum absolute atomic E-state index is 0. The fourth-order valence-corrected chi connectivity index (χ4v) is 3.70. The Bertz CT molecular complexity index is 1350. The molecule has 0 saturated carbocycles. The van der Waals surface area contributed by atoms with Crippen LogP contribution >= 0.6 is 0 Å². The minimum Gasteiger partial charge on any atom is -0.872 e. The summed E-state index contributed by atoms with van der Waals surface area (Å²) in [6.45, 7) is 8.02. The summed E-state index contributed by atoms with van der Waals surface area (Å²) in [7, 11) is 0. The van der Waals surface area contributed by atoms with Crippen LogP contribution in [0.4, 0.5) is 0 Å². The van der Waals surface area contributed by atoms with Gasteiger partial charge in [0.1, 0.15) is 6.29 Å². The van der Waals surface area contributed by atoms with Gasteiger partial charge in [0, 0.05) is 18.3 Å². The number of hydrogen-bond acceptors (Lipinski definition) is 5. The Morgan fingerprint density at radius 3 is 1.76 bits per heavy atom. The summed E-state index contributed by atoms with van der Waals surface area (Å²) < 4.78 is 0. The van der Waals surface area contributed by atoms with Crippen LogP contribution in [0.15, 0.2) is 77.8 Å². The van der Waals surface area contributed by atoms with Crippen LogP contribution < -0.4 is 10.2 Å². The van der Waals surface area contributed by atoms with Crippen molar-refractivity contribution in [3.63, 3.8) is 0 Å². The van der Waals surface area contributed by atoms with Gasteiger partial charge in [-0.05, 0) is 40.2 Å². The first-order chi connectivity index (χ1) is 17.5. The molecule has 192 valence electrons. The van der Waals surface area contributed by atoms with Crippen molar-refractivity contribution in [3.05, 3.63) is 99.9 Å². The molecule has 0 fully saturated rings. The predicted octanol–water partition coefficient (Wildman–Crippen LogP) is 5.26. The Morgan fingerprint density at radius 2 is 1.27 bits per heavy atom. The summed E-state index contributed by atoms with van der Waals surface area (Å²) in [5, 5.41) is 26.9. The van der Waals surface area contributed by atoms with Crippen molar-refractivity contribution in [1.29, 1.82) is 0 Å². The third-order valence-corrected chi connectivity index (χ3v) is 5.64. The maximum atomic E-state index is 12.0. The van der Waals surface area contributed by atoms with E-state index in [1.54, 1.807) is 24.4 Å². The fraction of sp³-hybridized carbons (Fsp3) is 0.214. The van der Waals surface area contributed by atoms with Crippen LogP contribution in [0.3, 0.4) is 0 Å². The topological polar surface area (TPSA) is 137 Å². The van der Waals surface area contributed by atoms with Crippen LogP contribution in [0, 0.1) is 0 Å². The second-order valence-electron chi connectivity index (χ2n) is 7.67. The number of fused-ring (bicyclic) bond motifs is 2. The number of hydrogen-bond donors (Lipinski definition) is 0. The average Bonchev–Trinajstić information content (AvgIpc) is 2.90. The smallest absolute Gasteiger partial charge is 0.872 e. The van der Waals surface area contributed by atoms with Crippen LogP contribution in [0.1, 0.15) is 29.8 Å². The number of carbonyl (C=O) groups is 1. The van der Waals surface area contributed by atoms with E-state index in [1.165, 1.54) is 11.0 Å². The molecule has 4 aromatic rings. The van der Waals surface area contributed by atoms with Crippen molar-refractivity contribution in [2.75, 3.05) is 26.2 Å². The van der Waals surface area contributed by atoms with Gasteiger partial charge in [-0.3, -0.25) is 14.7 Å². The quantitative estimate of drug-likeness (QED) is 0.104. The maximum Gasteiger partial charge on any atom is 3.00 e. The molecule has 0 spiro atoms. The first-order valence-electron chi connectivity index (χ1n) is 11.5. The molecule has 37 heavy (non-hydrogen) atoms. The van der Waals surface area contributed by atoms with Gasteiger partial charge in [0.05, 0.1) is 6.54 Å². The van der Waals surface area contributed by atoms with Crippen LogP contribution in [-0.2, 0) is 16.8 Å². The van der Waals surface area contributed by atoms with Crippen molar-refractivity contribution < 1.29 is 31.8 Å². The van der Waals surface area contributed by atoms with E-state index in [9.17, 15) is 15.0 Å². The Hall–Kier alpha value is -3.88. The summed E-state index contributed by atoms with van der Waals surface area (Å²) in [6, 6.07) is 21.9. The second-order valence-corrected chi connectivity index (χ2v) is 7.67. The predicted molar refractivity (Wildman–Crippen MR) is 143 cm³/mol. The van der Waals surface area contributed by atoms with Gasteiger partial charge in [0.25, 0.3) is 0 Å². The van der Waals surface area contributed by atoms with Crippen molar-refractivity contribution in [2.24, 2.45) is 4.99 Å². The van der Waals surface area contributed by atoms with Crippen LogP contribution in [-0.4, -0.2) is 43.6 Å². The molecular formula is C28H28CoN5O3. The fourth-order valence-electron chi connectivity index (χ4n) is 3.70. The third kappa shape index (κ3) is 8.93. The Morgan fingerprint density at radius 1 is 0.811 bits per heavy atom. The molecule has 0 saturated heterocycles. The molecule has 0 N–H and O–H groups in total. The summed E-state index contributed by atoms with van der Waals surface area (Å²) >= 11 is 0. The largest absolute Gasteiger partial charge is 3.00 e.